The van der Waals surface area contributed by atoms with Gasteiger partial charge in [0.05, 0.1) is 15.6 Å². The van der Waals surface area contributed by atoms with Crippen LogP contribution >= 0.6 is 22.9 Å². The third-order valence-corrected chi connectivity index (χ3v) is 6.58. The standard InChI is InChI=1S/C21H18ClN3O2S/c22-18-7-6-17(28-18)20-23-15-3-1-2-14(15)21(24-20)25-9-8-13-10-12(11-19(26)27)4-5-16(13)25/h4-7,10H,1-3,8-9,11H2,(H,26,27). The van der Waals surface area contributed by atoms with Gasteiger partial charge < -0.3 is 10.0 Å². The fourth-order valence-electron chi connectivity index (χ4n) is 4.14. The number of aromatic nitrogens is 2. The van der Waals surface area contributed by atoms with Gasteiger partial charge in [-0.2, -0.15) is 0 Å². The molecule has 1 aliphatic heterocycles. The molecule has 3 heterocycles. The molecule has 5 rings (SSSR count). The van der Waals surface area contributed by atoms with E-state index in [2.05, 4.69) is 4.90 Å². The molecule has 0 saturated heterocycles. The van der Waals surface area contributed by atoms with E-state index in [1.807, 2.05) is 30.3 Å². The zero-order valence-corrected chi connectivity index (χ0v) is 16.7. The van der Waals surface area contributed by atoms with Crippen LogP contribution in [0.2, 0.25) is 4.34 Å². The molecule has 5 nitrogen and oxygen atoms in total. The number of aliphatic carboxylic acids is 1. The topological polar surface area (TPSA) is 66.3 Å². The summed E-state index contributed by atoms with van der Waals surface area (Å²) in [4.78, 5) is 24.0. The molecule has 0 saturated carbocycles. The molecule has 1 aromatic carbocycles. The molecular formula is C21H18ClN3O2S. The van der Waals surface area contributed by atoms with E-state index in [0.29, 0.717) is 0 Å². The summed E-state index contributed by atoms with van der Waals surface area (Å²) in [5.41, 5.74) is 5.53. The number of hydrogen-bond acceptors (Lipinski definition) is 5. The number of thiophene rings is 1. The second-order valence-electron chi connectivity index (χ2n) is 7.19. The second-order valence-corrected chi connectivity index (χ2v) is 8.90. The van der Waals surface area contributed by atoms with E-state index in [1.165, 1.54) is 22.5 Å². The zero-order valence-electron chi connectivity index (χ0n) is 15.1. The Labute approximate surface area is 171 Å². The number of fused-ring (bicyclic) bond motifs is 2. The van der Waals surface area contributed by atoms with Gasteiger partial charge >= 0.3 is 5.97 Å². The SMILES string of the molecule is O=C(O)Cc1ccc2c(c1)CCN2c1nc(-c2ccc(Cl)s2)nc2c1CCC2. The van der Waals surface area contributed by atoms with Crippen LogP contribution in [0.5, 0.6) is 0 Å². The molecule has 0 fully saturated rings. The predicted molar refractivity (Wildman–Crippen MR) is 111 cm³/mol. The van der Waals surface area contributed by atoms with Crippen molar-refractivity contribution in [2.24, 2.45) is 0 Å². The minimum Gasteiger partial charge on any atom is -0.481 e. The molecule has 3 aromatic rings. The number of carboxylic acids is 1. The van der Waals surface area contributed by atoms with Gasteiger partial charge in [0.1, 0.15) is 5.82 Å². The van der Waals surface area contributed by atoms with Crippen molar-refractivity contribution in [2.45, 2.75) is 32.1 Å². The van der Waals surface area contributed by atoms with Crippen LogP contribution in [0.3, 0.4) is 0 Å². The minimum absolute atomic E-state index is 0.0550. The van der Waals surface area contributed by atoms with E-state index in [9.17, 15) is 4.79 Å². The maximum atomic E-state index is 11.0. The lowest BCUT2D eigenvalue weighted by molar-refractivity contribution is -0.136. The average Bonchev–Trinajstić information content (AvgIpc) is 3.38. The van der Waals surface area contributed by atoms with Crippen molar-refractivity contribution < 1.29 is 9.90 Å². The average molecular weight is 412 g/mol. The highest BCUT2D eigenvalue weighted by Crippen LogP contribution is 2.40. The van der Waals surface area contributed by atoms with Crippen molar-refractivity contribution in [3.05, 3.63) is 57.1 Å². The van der Waals surface area contributed by atoms with E-state index < -0.39 is 5.97 Å². The molecule has 2 aliphatic rings. The summed E-state index contributed by atoms with van der Waals surface area (Å²) in [6.45, 7) is 0.847. The number of halogens is 1. The lowest BCUT2D eigenvalue weighted by Crippen LogP contribution is -2.18. The van der Waals surface area contributed by atoms with Crippen LogP contribution in [-0.4, -0.2) is 27.6 Å². The van der Waals surface area contributed by atoms with E-state index in [4.69, 9.17) is 26.7 Å². The molecule has 0 radical (unpaired) electrons. The van der Waals surface area contributed by atoms with Gasteiger partial charge in [0.15, 0.2) is 5.82 Å². The van der Waals surface area contributed by atoms with Gasteiger partial charge in [-0.1, -0.05) is 23.7 Å². The molecule has 142 valence electrons. The van der Waals surface area contributed by atoms with Crippen LogP contribution in [0.4, 0.5) is 11.5 Å². The monoisotopic (exact) mass is 411 g/mol. The Morgan fingerprint density at radius 1 is 1.18 bits per heavy atom. The van der Waals surface area contributed by atoms with Gasteiger partial charge in [0.2, 0.25) is 0 Å². The highest BCUT2D eigenvalue weighted by atomic mass is 35.5. The second kappa shape index (κ2) is 6.87. The van der Waals surface area contributed by atoms with Crippen LogP contribution in [-0.2, 0) is 30.5 Å². The van der Waals surface area contributed by atoms with E-state index >= 15 is 0 Å². The van der Waals surface area contributed by atoms with Crippen molar-refractivity contribution in [3.63, 3.8) is 0 Å². The Kier molecular flexibility index (Phi) is 4.33. The smallest absolute Gasteiger partial charge is 0.307 e. The van der Waals surface area contributed by atoms with Crippen molar-refractivity contribution in [2.75, 3.05) is 11.4 Å². The van der Waals surface area contributed by atoms with E-state index in [0.717, 1.165) is 70.0 Å². The number of carboxylic acid groups (broad SMARTS) is 1. The first-order valence-corrected chi connectivity index (χ1v) is 10.5. The largest absolute Gasteiger partial charge is 0.481 e. The Balaban J connectivity index is 1.57. The van der Waals surface area contributed by atoms with Crippen LogP contribution in [0.1, 0.15) is 28.8 Å². The first-order valence-electron chi connectivity index (χ1n) is 9.35. The third kappa shape index (κ3) is 3.06. The quantitative estimate of drug-likeness (QED) is 0.675. The first-order chi connectivity index (χ1) is 13.6. The summed E-state index contributed by atoms with van der Waals surface area (Å²) in [5, 5.41) is 9.06. The summed E-state index contributed by atoms with van der Waals surface area (Å²) >= 11 is 7.62. The predicted octanol–water partition coefficient (Wildman–Crippen LogP) is 4.67. The van der Waals surface area contributed by atoms with E-state index in [-0.39, 0.29) is 6.42 Å². The number of hydrogen-bond donors (Lipinski definition) is 1. The lowest BCUT2D eigenvalue weighted by Gasteiger charge is -2.22. The Morgan fingerprint density at radius 3 is 2.86 bits per heavy atom. The molecule has 0 spiro atoms. The number of rotatable bonds is 4. The Bertz CT molecular complexity index is 1100. The Morgan fingerprint density at radius 2 is 2.07 bits per heavy atom. The van der Waals surface area contributed by atoms with Crippen molar-refractivity contribution in [1.29, 1.82) is 0 Å². The maximum absolute atomic E-state index is 11.0. The van der Waals surface area contributed by atoms with Gasteiger partial charge in [-0.05, 0) is 55.0 Å². The van der Waals surface area contributed by atoms with Crippen molar-refractivity contribution in [3.8, 4) is 10.7 Å². The summed E-state index contributed by atoms with van der Waals surface area (Å²) < 4.78 is 0.734. The summed E-state index contributed by atoms with van der Waals surface area (Å²) in [6, 6.07) is 9.82. The lowest BCUT2D eigenvalue weighted by atomic mass is 10.1. The summed E-state index contributed by atoms with van der Waals surface area (Å²) in [5.74, 6) is 0.929. The number of nitrogens with zero attached hydrogens (tertiary/aromatic N) is 3. The zero-order chi connectivity index (χ0) is 19.3. The van der Waals surface area contributed by atoms with Gasteiger partial charge in [0.25, 0.3) is 0 Å². The molecule has 0 bridgehead atoms. The Hall–Kier alpha value is -2.44. The first kappa shape index (κ1) is 17.6. The van der Waals surface area contributed by atoms with Crippen molar-refractivity contribution in [1.82, 2.24) is 9.97 Å². The molecule has 0 amide bonds. The molecule has 0 unspecified atom stereocenters. The van der Waals surface area contributed by atoms with E-state index in [1.54, 1.807) is 0 Å². The summed E-state index contributed by atoms with van der Waals surface area (Å²) in [6.07, 6.45) is 4.03. The third-order valence-electron chi connectivity index (χ3n) is 5.36. The number of anilines is 2. The maximum Gasteiger partial charge on any atom is 0.307 e. The van der Waals surface area contributed by atoms with Crippen molar-refractivity contribution >= 4 is 40.4 Å². The highest BCUT2D eigenvalue weighted by Gasteiger charge is 2.28. The molecule has 28 heavy (non-hydrogen) atoms. The molecule has 7 heteroatoms. The fourth-order valence-corrected chi connectivity index (χ4v) is 5.12. The van der Waals surface area contributed by atoms with Crippen LogP contribution < -0.4 is 4.90 Å². The molecule has 1 aliphatic carbocycles. The molecule has 2 aromatic heterocycles. The minimum atomic E-state index is -0.803. The van der Waals surface area contributed by atoms with Gasteiger partial charge in [-0.3, -0.25) is 4.79 Å². The van der Waals surface area contributed by atoms with Crippen LogP contribution in [0.25, 0.3) is 10.7 Å². The fraction of sp³-hybridized carbons (Fsp3) is 0.286. The van der Waals surface area contributed by atoms with Gasteiger partial charge in [0, 0.05) is 23.5 Å². The molecule has 1 N–H and O–H groups in total. The number of carbonyl (C=O) groups is 1. The van der Waals surface area contributed by atoms with Gasteiger partial charge in [-0.25, -0.2) is 9.97 Å². The van der Waals surface area contributed by atoms with Crippen LogP contribution in [0, 0.1) is 0 Å². The highest BCUT2D eigenvalue weighted by molar-refractivity contribution is 7.19. The number of aryl methyl sites for hydroxylation is 1. The molecular weight excluding hydrogens is 394 g/mol. The van der Waals surface area contributed by atoms with Gasteiger partial charge in [-0.15, -0.1) is 11.3 Å². The molecule has 0 atom stereocenters. The summed E-state index contributed by atoms with van der Waals surface area (Å²) in [7, 11) is 0. The van der Waals surface area contributed by atoms with Crippen LogP contribution in [0.15, 0.2) is 30.3 Å². The number of benzene rings is 1. The normalized spacial score (nSPS) is 15.0.